The van der Waals surface area contributed by atoms with Crippen LogP contribution in [-0.2, 0) is 5.41 Å². The van der Waals surface area contributed by atoms with Crippen molar-refractivity contribution < 1.29 is 4.42 Å². The van der Waals surface area contributed by atoms with E-state index in [0.717, 1.165) is 50.0 Å². The average Bonchev–Trinajstić information content (AvgIpc) is 3.41. The zero-order valence-electron chi connectivity index (χ0n) is 21.8. The van der Waals surface area contributed by atoms with Crippen LogP contribution in [0.15, 0.2) is 83.5 Å². The molecule has 0 radical (unpaired) electrons. The first-order chi connectivity index (χ1) is 17.1. The normalized spacial score (nSPS) is 12.7. The van der Waals surface area contributed by atoms with Crippen molar-refractivity contribution in [1.82, 2.24) is 14.5 Å². The second-order valence-corrected chi connectivity index (χ2v) is 16.7. The number of aromatic nitrogens is 3. The van der Waals surface area contributed by atoms with Crippen LogP contribution in [0.5, 0.6) is 0 Å². The summed E-state index contributed by atoms with van der Waals surface area (Å²) in [5, 5.41) is 3.66. The van der Waals surface area contributed by atoms with Gasteiger partial charge in [0, 0.05) is 28.2 Å². The van der Waals surface area contributed by atoms with Crippen molar-refractivity contribution in [3.63, 3.8) is 0 Å². The number of para-hydroxylation sites is 2. The third kappa shape index (κ3) is 3.57. The fraction of sp³-hybridized carbons (Fsp3) is 0.226. The SMILES string of the molecule is CC(C)(C)c1cncc2nc(-c3cccc4c3oc3cc([Si](C)(C)C)ccc34)n(-c3ccccc3)c12. The number of hydrogen-bond acceptors (Lipinski definition) is 3. The summed E-state index contributed by atoms with van der Waals surface area (Å²) >= 11 is 0. The van der Waals surface area contributed by atoms with Gasteiger partial charge in [0.05, 0.1) is 25.4 Å². The molecule has 5 heteroatoms. The maximum atomic E-state index is 6.61. The van der Waals surface area contributed by atoms with Gasteiger partial charge in [0.25, 0.3) is 0 Å². The van der Waals surface area contributed by atoms with Gasteiger partial charge in [0.2, 0.25) is 0 Å². The molecule has 0 aliphatic heterocycles. The van der Waals surface area contributed by atoms with E-state index in [1.54, 1.807) is 0 Å². The molecular weight excluding hydrogens is 458 g/mol. The van der Waals surface area contributed by atoms with E-state index in [1.165, 1.54) is 10.8 Å². The molecule has 3 aromatic heterocycles. The van der Waals surface area contributed by atoms with E-state index < -0.39 is 8.07 Å². The number of pyridine rings is 1. The minimum Gasteiger partial charge on any atom is -0.455 e. The van der Waals surface area contributed by atoms with Gasteiger partial charge >= 0.3 is 0 Å². The van der Waals surface area contributed by atoms with E-state index >= 15 is 0 Å². The van der Waals surface area contributed by atoms with Crippen LogP contribution >= 0.6 is 0 Å². The highest BCUT2D eigenvalue weighted by Gasteiger charge is 2.26. The number of fused-ring (bicyclic) bond motifs is 4. The van der Waals surface area contributed by atoms with E-state index in [1.807, 2.05) is 18.5 Å². The monoisotopic (exact) mass is 489 g/mol. The summed E-state index contributed by atoms with van der Waals surface area (Å²) in [6.45, 7) is 13.8. The van der Waals surface area contributed by atoms with Crippen LogP contribution in [0.2, 0.25) is 19.6 Å². The van der Waals surface area contributed by atoms with Gasteiger partial charge in [-0.25, -0.2) is 4.98 Å². The van der Waals surface area contributed by atoms with Gasteiger partial charge in [-0.15, -0.1) is 0 Å². The lowest BCUT2D eigenvalue weighted by Gasteiger charge is -2.21. The smallest absolute Gasteiger partial charge is 0.149 e. The van der Waals surface area contributed by atoms with Gasteiger partial charge in [-0.3, -0.25) is 9.55 Å². The van der Waals surface area contributed by atoms with Gasteiger partial charge in [0.1, 0.15) is 22.5 Å². The molecule has 0 bridgehead atoms. The molecule has 0 aliphatic rings. The molecule has 0 amide bonds. The van der Waals surface area contributed by atoms with Crippen molar-refractivity contribution in [2.24, 2.45) is 0 Å². The van der Waals surface area contributed by atoms with E-state index in [-0.39, 0.29) is 5.41 Å². The molecule has 0 saturated carbocycles. The number of nitrogens with zero attached hydrogens (tertiary/aromatic N) is 3. The van der Waals surface area contributed by atoms with Gasteiger partial charge in [-0.05, 0) is 29.7 Å². The maximum Gasteiger partial charge on any atom is 0.149 e. The largest absolute Gasteiger partial charge is 0.455 e. The van der Waals surface area contributed by atoms with Crippen LogP contribution in [0.4, 0.5) is 0 Å². The lowest BCUT2D eigenvalue weighted by atomic mass is 9.87. The molecule has 180 valence electrons. The van der Waals surface area contributed by atoms with Crippen LogP contribution in [0.25, 0.3) is 50.0 Å². The molecule has 3 heterocycles. The number of imidazole rings is 1. The Bertz CT molecular complexity index is 1750. The van der Waals surface area contributed by atoms with Crippen LogP contribution < -0.4 is 5.19 Å². The predicted molar refractivity (Wildman–Crippen MR) is 153 cm³/mol. The Hall–Kier alpha value is -3.70. The Labute approximate surface area is 212 Å². The summed E-state index contributed by atoms with van der Waals surface area (Å²) in [5.41, 5.74) is 6.92. The molecule has 3 aromatic carbocycles. The van der Waals surface area contributed by atoms with Crippen molar-refractivity contribution in [1.29, 1.82) is 0 Å². The fourth-order valence-corrected chi connectivity index (χ4v) is 6.18. The molecule has 4 nitrogen and oxygen atoms in total. The second-order valence-electron chi connectivity index (χ2n) is 11.7. The lowest BCUT2D eigenvalue weighted by molar-refractivity contribution is 0.591. The van der Waals surface area contributed by atoms with Gasteiger partial charge < -0.3 is 4.42 Å². The standard InChI is InChI=1S/C31H31N3OSi/c1-31(2,3)25-18-32-19-26-28(25)34(20-11-8-7-9-12-20)30(33-26)24-14-10-13-23-22-16-15-21(36(4,5)6)17-27(22)35-29(23)24/h7-19H,1-6H3. The second kappa shape index (κ2) is 7.90. The number of furan rings is 1. The van der Waals surface area contributed by atoms with Crippen molar-refractivity contribution in [3.05, 3.63) is 84.7 Å². The zero-order valence-corrected chi connectivity index (χ0v) is 22.8. The molecule has 0 spiro atoms. The number of hydrogen-bond donors (Lipinski definition) is 0. The lowest BCUT2D eigenvalue weighted by Crippen LogP contribution is -2.37. The molecule has 6 aromatic rings. The molecular formula is C31H31N3OSi. The summed E-state index contributed by atoms with van der Waals surface area (Å²) in [6.07, 6.45) is 3.85. The van der Waals surface area contributed by atoms with Gasteiger partial charge in [-0.1, -0.05) is 88.1 Å². The highest BCUT2D eigenvalue weighted by Crippen LogP contribution is 2.39. The Morgan fingerprint density at radius 1 is 0.833 bits per heavy atom. The average molecular weight is 490 g/mol. The van der Waals surface area contributed by atoms with E-state index in [2.05, 4.69) is 111 Å². The highest BCUT2D eigenvalue weighted by atomic mass is 28.3. The molecule has 0 N–H and O–H groups in total. The fourth-order valence-electron chi connectivity index (χ4n) is 5.03. The van der Waals surface area contributed by atoms with Crippen molar-refractivity contribution in [2.45, 2.75) is 45.8 Å². The first-order valence-corrected chi connectivity index (χ1v) is 16.0. The molecule has 36 heavy (non-hydrogen) atoms. The number of rotatable bonds is 3. The summed E-state index contributed by atoms with van der Waals surface area (Å²) in [7, 11) is -1.46. The predicted octanol–water partition coefficient (Wildman–Crippen LogP) is 7.83. The minimum absolute atomic E-state index is 0.0883. The topological polar surface area (TPSA) is 43.9 Å². The van der Waals surface area contributed by atoms with Crippen LogP contribution in [0.3, 0.4) is 0 Å². The van der Waals surface area contributed by atoms with Crippen molar-refractivity contribution in [2.75, 3.05) is 0 Å². The van der Waals surface area contributed by atoms with E-state index in [0.29, 0.717) is 0 Å². The van der Waals surface area contributed by atoms with Crippen LogP contribution in [0.1, 0.15) is 26.3 Å². The third-order valence-corrected chi connectivity index (χ3v) is 9.03. The van der Waals surface area contributed by atoms with Crippen molar-refractivity contribution in [3.8, 4) is 17.1 Å². The Morgan fingerprint density at radius 3 is 2.33 bits per heavy atom. The third-order valence-electron chi connectivity index (χ3n) is 6.99. The molecule has 6 rings (SSSR count). The van der Waals surface area contributed by atoms with Gasteiger partial charge in [0.15, 0.2) is 0 Å². The first-order valence-electron chi connectivity index (χ1n) is 12.5. The summed E-state index contributed by atoms with van der Waals surface area (Å²) < 4.78 is 8.88. The molecule has 0 saturated heterocycles. The van der Waals surface area contributed by atoms with Crippen molar-refractivity contribution >= 4 is 46.2 Å². The first kappa shape index (κ1) is 22.7. The highest BCUT2D eigenvalue weighted by molar-refractivity contribution is 6.88. The van der Waals surface area contributed by atoms with Gasteiger partial charge in [-0.2, -0.15) is 0 Å². The Morgan fingerprint density at radius 2 is 1.61 bits per heavy atom. The zero-order chi connectivity index (χ0) is 25.2. The Kier molecular flexibility index (Phi) is 4.99. The summed E-state index contributed by atoms with van der Waals surface area (Å²) in [5.74, 6) is 0.866. The number of benzene rings is 3. The van der Waals surface area contributed by atoms with Crippen LogP contribution in [0, 0.1) is 0 Å². The Balaban J connectivity index is 1.71. The summed E-state index contributed by atoms with van der Waals surface area (Å²) in [6, 6.07) is 23.6. The molecule has 0 atom stereocenters. The summed E-state index contributed by atoms with van der Waals surface area (Å²) in [4.78, 5) is 9.71. The van der Waals surface area contributed by atoms with E-state index in [9.17, 15) is 0 Å². The van der Waals surface area contributed by atoms with Crippen LogP contribution in [-0.4, -0.2) is 22.6 Å². The van der Waals surface area contributed by atoms with E-state index in [4.69, 9.17) is 9.40 Å². The quantitative estimate of drug-likeness (QED) is 0.238. The molecule has 0 unspecified atom stereocenters. The maximum absolute atomic E-state index is 6.61. The molecule has 0 aliphatic carbocycles. The minimum atomic E-state index is -1.46. The molecule has 0 fully saturated rings.